The smallest absolute Gasteiger partial charge is 0.271 e. The van der Waals surface area contributed by atoms with Crippen LogP contribution in [0.5, 0.6) is 5.75 Å². The highest BCUT2D eigenvalue weighted by atomic mass is 19.1. The summed E-state index contributed by atoms with van der Waals surface area (Å²) in [4.78, 5) is 0. The highest BCUT2D eigenvalue weighted by molar-refractivity contribution is 6.67. The van der Waals surface area contributed by atoms with E-state index in [0.29, 0.717) is 5.69 Å². The van der Waals surface area contributed by atoms with Gasteiger partial charge < -0.3 is 10.5 Å². The Hall–Kier alpha value is -2.48. The Morgan fingerprint density at radius 3 is 2.68 bits per heavy atom. The molecule has 0 aromatic heterocycles. The molecule has 1 aliphatic heterocycles. The summed E-state index contributed by atoms with van der Waals surface area (Å²) in [6.07, 6.45) is 2.56. The van der Waals surface area contributed by atoms with Crippen molar-refractivity contribution < 1.29 is 9.13 Å². The van der Waals surface area contributed by atoms with Crippen molar-refractivity contribution in [2.24, 2.45) is 0 Å². The third-order valence-electron chi connectivity index (χ3n) is 4.02. The largest absolute Gasteiger partial charge is 0.490 e. The van der Waals surface area contributed by atoms with Gasteiger partial charge in [0.05, 0.1) is 6.10 Å². The zero-order valence-corrected chi connectivity index (χ0v) is 12.1. The predicted octanol–water partition coefficient (Wildman–Crippen LogP) is 3.78. The lowest BCUT2D eigenvalue weighted by atomic mass is 9.50. The highest BCUT2D eigenvalue weighted by Gasteiger charge is 2.30. The molecule has 3 nitrogen and oxygen atoms in total. The standard InChI is InChI=1S/C17H16BFN2O/c19-13-3-1-12(2-4-13)16-9-14(21)5-6-17(16)22-15-7-8-18(10-15)11-20/h1-6,9,15H,7-8,10,21H2. The molecule has 0 amide bonds. The lowest BCUT2D eigenvalue weighted by Gasteiger charge is -2.17. The SMILES string of the molecule is N#CB1CCC(Oc2ccc(N)cc2-c2ccc(F)cc2)C1. The molecular weight excluding hydrogens is 278 g/mol. The van der Waals surface area contributed by atoms with Crippen LogP contribution in [-0.4, -0.2) is 12.8 Å². The minimum atomic E-state index is -0.275. The van der Waals surface area contributed by atoms with Gasteiger partial charge in [-0.2, -0.15) is 0 Å². The summed E-state index contributed by atoms with van der Waals surface area (Å²) < 4.78 is 19.2. The summed E-state index contributed by atoms with van der Waals surface area (Å²) in [6, 6.07) is 11.7. The molecule has 1 atom stereocenters. The van der Waals surface area contributed by atoms with Gasteiger partial charge in [-0.25, -0.2) is 9.65 Å². The molecule has 1 unspecified atom stereocenters. The second kappa shape index (κ2) is 6.11. The van der Waals surface area contributed by atoms with Crippen molar-refractivity contribution in [2.45, 2.75) is 25.2 Å². The summed E-state index contributed by atoms with van der Waals surface area (Å²) in [7, 11) is 0. The number of nitrogens with zero attached hydrogens (tertiary/aromatic N) is 1. The lowest BCUT2D eigenvalue weighted by Crippen LogP contribution is -2.14. The molecule has 1 fully saturated rings. The molecule has 2 aromatic carbocycles. The number of rotatable bonds is 3. The number of nitriles is 1. The number of hydrogen-bond acceptors (Lipinski definition) is 3. The van der Waals surface area contributed by atoms with Crippen molar-refractivity contribution in [3.63, 3.8) is 0 Å². The predicted molar refractivity (Wildman–Crippen MR) is 86.3 cm³/mol. The summed E-state index contributed by atoms with van der Waals surface area (Å²) >= 11 is 0. The van der Waals surface area contributed by atoms with Crippen LogP contribution < -0.4 is 10.5 Å². The summed E-state index contributed by atoms with van der Waals surface area (Å²) in [5, 5.41) is 8.99. The van der Waals surface area contributed by atoms with Crippen LogP contribution in [0.2, 0.25) is 12.6 Å². The van der Waals surface area contributed by atoms with Gasteiger partial charge in [0.2, 0.25) is 0 Å². The van der Waals surface area contributed by atoms with Crippen molar-refractivity contribution in [3.05, 3.63) is 48.3 Å². The number of benzene rings is 2. The van der Waals surface area contributed by atoms with E-state index in [2.05, 4.69) is 5.97 Å². The fourth-order valence-electron chi connectivity index (χ4n) is 2.85. The van der Waals surface area contributed by atoms with Crippen LogP contribution in [-0.2, 0) is 0 Å². The molecule has 3 rings (SSSR count). The third kappa shape index (κ3) is 3.06. The molecule has 0 radical (unpaired) electrons. The Kier molecular flexibility index (Phi) is 4.01. The fraction of sp³-hybridized carbons (Fsp3) is 0.235. The minimum absolute atomic E-state index is 0.0486. The summed E-state index contributed by atoms with van der Waals surface area (Å²) in [5.74, 6) is 2.75. The first-order valence-electron chi connectivity index (χ1n) is 7.37. The van der Waals surface area contributed by atoms with Gasteiger partial charge in [0.15, 0.2) is 0 Å². The average molecular weight is 294 g/mol. The van der Waals surface area contributed by atoms with Gasteiger partial charge in [-0.1, -0.05) is 18.5 Å². The molecule has 0 bridgehead atoms. The molecule has 1 aliphatic rings. The quantitative estimate of drug-likeness (QED) is 0.692. The molecule has 1 heterocycles. The molecule has 110 valence electrons. The van der Waals surface area contributed by atoms with Gasteiger partial charge in [0.25, 0.3) is 6.71 Å². The van der Waals surface area contributed by atoms with Crippen LogP contribution >= 0.6 is 0 Å². The van der Waals surface area contributed by atoms with Gasteiger partial charge in [0, 0.05) is 17.2 Å². The maximum Gasteiger partial charge on any atom is 0.271 e. The Labute approximate surface area is 129 Å². The molecule has 2 aromatic rings. The number of hydrogen-bond donors (Lipinski definition) is 1. The van der Waals surface area contributed by atoms with E-state index < -0.39 is 0 Å². The monoisotopic (exact) mass is 294 g/mol. The Bertz CT molecular complexity index is 712. The average Bonchev–Trinajstić information content (AvgIpc) is 2.98. The zero-order valence-electron chi connectivity index (χ0n) is 12.1. The van der Waals surface area contributed by atoms with Crippen LogP contribution in [0, 0.1) is 17.0 Å². The summed E-state index contributed by atoms with van der Waals surface area (Å²) in [5.41, 5.74) is 8.21. The van der Waals surface area contributed by atoms with Gasteiger partial charge in [0.1, 0.15) is 11.6 Å². The van der Waals surface area contributed by atoms with Gasteiger partial charge in [-0.05, 0) is 48.6 Å². The Balaban J connectivity index is 1.88. The highest BCUT2D eigenvalue weighted by Crippen LogP contribution is 2.35. The number of nitrogen functional groups attached to an aromatic ring is 1. The second-order valence-corrected chi connectivity index (χ2v) is 5.64. The first-order chi connectivity index (χ1) is 10.7. The maximum absolute atomic E-state index is 13.1. The van der Waals surface area contributed by atoms with Crippen LogP contribution in [0.25, 0.3) is 11.1 Å². The van der Waals surface area contributed by atoms with E-state index in [-0.39, 0.29) is 18.6 Å². The molecule has 2 N–H and O–H groups in total. The van der Waals surface area contributed by atoms with E-state index >= 15 is 0 Å². The molecule has 5 heteroatoms. The van der Waals surface area contributed by atoms with E-state index in [1.54, 1.807) is 18.2 Å². The molecular formula is C17H16BFN2O. The first-order valence-corrected chi connectivity index (χ1v) is 7.37. The number of halogens is 1. The van der Waals surface area contributed by atoms with Gasteiger partial charge in [-0.3, -0.25) is 0 Å². The second-order valence-electron chi connectivity index (χ2n) is 5.64. The van der Waals surface area contributed by atoms with Crippen molar-refractivity contribution in [3.8, 4) is 22.8 Å². The number of anilines is 1. The number of ether oxygens (including phenoxy) is 1. The van der Waals surface area contributed by atoms with Gasteiger partial charge in [-0.15, -0.1) is 0 Å². The van der Waals surface area contributed by atoms with E-state index in [0.717, 1.165) is 35.9 Å². The Morgan fingerprint density at radius 2 is 2.00 bits per heavy atom. The third-order valence-corrected chi connectivity index (χ3v) is 4.02. The summed E-state index contributed by atoms with van der Waals surface area (Å²) in [6.45, 7) is 0.0769. The van der Waals surface area contributed by atoms with E-state index in [1.807, 2.05) is 12.1 Å². The molecule has 0 aliphatic carbocycles. The van der Waals surface area contributed by atoms with Crippen LogP contribution in [0.15, 0.2) is 42.5 Å². The Morgan fingerprint density at radius 1 is 1.23 bits per heavy atom. The van der Waals surface area contributed by atoms with E-state index in [9.17, 15) is 4.39 Å². The lowest BCUT2D eigenvalue weighted by molar-refractivity contribution is 0.227. The zero-order chi connectivity index (χ0) is 15.5. The van der Waals surface area contributed by atoms with E-state index in [1.165, 1.54) is 12.1 Å². The molecule has 22 heavy (non-hydrogen) atoms. The molecule has 0 saturated carbocycles. The molecule has 1 saturated heterocycles. The van der Waals surface area contributed by atoms with Crippen molar-refractivity contribution in [2.75, 3.05) is 5.73 Å². The fourth-order valence-corrected chi connectivity index (χ4v) is 2.85. The normalized spacial score (nSPS) is 17.3. The first kappa shape index (κ1) is 14.5. The maximum atomic E-state index is 13.1. The van der Waals surface area contributed by atoms with Gasteiger partial charge >= 0.3 is 0 Å². The van der Waals surface area contributed by atoms with Crippen LogP contribution in [0.3, 0.4) is 0 Å². The topological polar surface area (TPSA) is 59.0 Å². The van der Waals surface area contributed by atoms with Crippen LogP contribution in [0.1, 0.15) is 6.42 Å². The van der Waals surface area contributed by atoms with Crippen molar-refractivity contribution >= 4 is 12.4 Å². The van der Waals surface area contributed by atoms with Crippen molar-refractivity contribution in [1.82, 2.24) is 0 Å². The molecule has 0 spiro atoms. The van der Waals surface area contributed by atoms with E-state index in [4.69, 9.17) is 15.7 Å². The van der Waals surface area contributed by atoms with Crippen molar-refractivity contribution in [1.29, 1.82) is 5.26 Å². The number of nitrogens with two attached hydrogens (primary N) is 1. The van der Waals surface area contributed by atoms with Crippen LogP contribution in [0.4, 0.5) is 10.1 Å². The minimum Gasteiger partial charge on any atom is -0.490 e.